The molecule has 0 saturated heterocycles. The van der Waals surface area contributed by atoms with Crippen LogP contribution in [0.4, 0.5) is 0 Å². The second kappa shape index (κ2) is 4.82. The molecule has 0 radical (unpaired) electrons. The van der Waals surface area contributed by atoms with Crippen molar-refractivity contribution in [3.63, 3.8) is 0 Å². The van der Waals surface area contributed by atoms with E-state index >= 15 is 0 Å². The zero-order valence-corrected chi connectivity index (χ0v) is 7.34. The van der Waals surface area contributed by atoms with E-state index in [-0.39, 0.29) is 33.7 Å². The fourth-order valence-electron chi connectivity index (χ4n) is 0.708. The van der Waals surface area contributed by atoms with Crippen LogP contribution in [-0.2, 0) is 22.4 Å². The van der Waals surface area contributed by atoms with E-state index in [9.17, 15) is 5.11 Å². The van der Waals surface area contributed by atoms with E-state index in [1.165, 1.54) is 12.1 Å². The summed E-state index contributed by atoms with van der Waals surface area (Å²) in [6, 6.07) is 5.86. The zero-order valence-electron chi connectivity index (χ0n) is 5.86. The van der Waals surface area contributed by atoms with Gasteiger partial charge >= 0.3 is 22.4 Å². The van der Waals surface area contributed by atoms with Crippen LogP contribution in [0.25, 0.3) is 0 Å². The summed E-state index contributed by atoms with van der Waals surface area (Å²) in [6.45, 7) is 0. The number of hydrogen-bond acceptors (Lipinski definition) is 4. The molecule has 0 fully saturated rings. The minimum Gasteiger partial charge on any atom is -0.856 e. The predicted octanol–water partition coefficient (Wildman–Crippen LogP) is -0.114. The van der Waals surface area contributed by atoms with Gasteiger partial charge in [0.2, 0.25) is 0 Å². The van der Waals surface area contributed by atoms with Crippen molar-refractivity contribution in [2.24, 2.45) is 5.16 Å². The first-order valence-electron chi connectivity index (χ1n) is 2.93. The van der Waals surface area contributed by atoms with E-state index in [2.05, 4.69) is 5.16 Å². The van der Waals surface area contributed by atoms with Crippen molar-refractivity contribution in [3.8, 4) is 5.75 Å². The topological polar surface area (TPSA) is 75.9 Å². The third-order valence-corrected chi connectivity index (χ3v) is 1.23. The van der Waals surface area contributed by atoms with E-state index in [1.54, 1.807) is 12.1 Å². The second-order valence-corrected chi connectivity index (χ2v) is 1.92. The summed E-state index contributed by atoms with van der Waals surface area (Å²) < 4.78 is 0. The standard InChI is InChI=1S/C7H7NO3.Ag/c9-6-4-2-1-3-5(6)7(10)8-11;/h1-4,9,11H,(H,8,10);/q;+1/p-1. The third kappa shape index (κ3) is 2.27. The number of rotatable bonds is 1. The summed E-state index contributed by atoms with van der Waals surface area (Å²) >= 11 is 0. The Hall–Kier alpha value is -0.970. The molecular formula is C7H6AgNO3. The molecule has 12 heavy (non-hydrogen) atoms. The molecule has 0 aliphatic rings. The number of phenols is 1. The van der Waals surface area contributed by atoms with Crippen molar-refractivity contribution in [1.82, 2.24) is 0 Å². The summed E-state index contributed by atoms with van der Waals surface area (Å²) in [4.78, 5) is 0. The first-order valence-corrected chi connectivity index (χ1v) is 2.93. The predicted molar refractivity (Wildman–Crippen MR) is 36.4 cm³/mol. The van der Waals surface area contributed by atoms with Gasteiger partial charge in [-0.25, -0.2) is 0 Å². The Morgan fingerprint density at radius 2 is 1.92 bits per heavy atom. The van der Waals surface area contributed by atoms with Crippen molar-refractivity contribution in [1.29, 1.82) is 0 Å². The maximum absolute atomic E-state index is 10.7. The molecule has 0 saturated carbocycles. The molecule has 0 aromatic heterocycles. The summed E-state index contributed by atoms with van der Waals surface area (Å²) in [7, 11) is 0. The first kappa shape index (κ1) is 11.0. The second-order valence-electron chi connectivity index (χ2n) is 1.92. The SMILES string of the molecule is [Ag+].[O-]C(=NO)c1ccccc1O. The number of phenolic OH excluding ortho intramolecular Hbond substituents is 1. The Bertz CT molecular complexity index is 288. The Labute approximate surface area is 84.7 Å². The summed E-state index contributed by atoms with van der Waals surface area (Å²) in [5, 5.41) is 30.2. The summed E-state index contributed by atoms with van der Waals surface area (Å²) in [5.41, 5.74) is -0.00463. The first-order chi connectivity index (χ1) is 5.25. The number of benzene rings is 1. The number of para-hydroxylation sites is 1. The van der Waals surface area contributed by atoms with Crippen LogP contribution in [0.1, 0.15) is 5.56 Å². The Morgan fingerprint density at radius 1 is 1.33 bits per heavy atom. The molecule has 0 unspecified atom stereocenters. The maximum atomic E-state index is 10.7. The van der Waals surface area contributed by atoms with Crippen LogP contribution >= 0.6 is 0 Å². The van der Waals surface area contributed by atoms with Gasteiger partial charge in [0.1, 0.15) is 5.75 Å². The molecule has 2 N–H and O–H groups in total. The smallest absolute Gasteiger partial charge is 0.856 e. The summed E-state index contributed by atoms with van der Waals surface area (Å²) in [6.07, 6.45) is 0. The third-order valence-electron chi connectivity index (χ3n) is 1.23. The van der Waals surface area contributed by atoms with Gasteiger partial charge < -0.3 is 15.4 Å². The molecule has 0 bridgehead atoms. The van der Waals surface area contributed by atoms with Crippen LogP contribution < -0.4 is 5.11 Å². The van der Waals surface area contributed by atoms with Gasteiger partial charge in [-0.05, 0) is 6.07 Å². The van der Waals surface area contributed by atoms with Crippen LogP contribution in [0.2, 0.25) is 0 Å². The zero-order chi connectivity index (χ0) is 8.27. The maximum Gasteiger partial charge on any atom is 1.00 e. The molecule has 0 amide bonds. The molecule has 0 aliphatic carbocycles. The van der Waals surface area contributed by atoms with Crippen molar-refractivity contribution < 1.29 is 37.8 Å². The van der Waals surface area contributed by atoms with Gasteiger partial charge in [-0.15, -0.1) is 5.16 Å². The van der Waals surface area contributed by atoms with E-state index in [4.69, 9.17) is 10.3 Å². The number of nitrogens with zero attached hydrogens (tertiary/aromatic N) is 1. The van der Waals surface area contributed by atoms with Crippen LogP contribution in [0.5, 0.6) is 5.75 Å². The largest absolute Gasteiger partial charge is 1.00 e. The molecule has 0 aliphatic heterocycles. The van der Waals surface area contributed by atoms with Gasteiger partial charge in [0.15, 0.2) is 0 Å². The molecule has 68 valence electrons. The van der Waals surface area contributed by atoms with E-state index in [0.717, 1.165) is 0 Å². The normalized spacial score (nSPS) is 10.5. The number of hydrogen-bond donors (Lipinski definition) is 2. The van der Waals surface area contributed by atoms with Crippen molar-refractivity contribution in [3.05, 3.63) is 29.8 Å². The molecule has 0 heterocycles. The van der Waals surface area contributed by atoms with Crippen LogP contribution in [0.3, 0.4) is 0 Å². The van der Waals surface area contributed by atoms with Crippen molar-refractivity contribution >= 4 is 5.90 Å². The average molecular weight is 260 g/mol. The van der Waals surface area contributed by atoms with Gasteiger partial charge in [0.05, 0.1) is 0 Å². The minimum atomic E-state index is -0.844. The number of oxime groups is 1. The van der Waals surface area contributed by atoms with Gasteiger partial charge in [0.25, 0.3) is 0 Å². The monoisotopic (exact) mass is 259 g/mol. The van der Waals surface area contributed by atoms with E-state index < -0.39 is 5.90 Å². The quantitative estimate of drug-likeness (QED) is 0.243. The van der Waals surface area contributed by atoms with E-state index in [0.29, 0.717) is 0 Å². The van der Waals surface area contributed by atoms with Crippen LogP contribution in [0, 0.1) is 0 Å². The number of aromatic hydroxyl groups is 1. The Kier molecular flexibility index (Phi) is 4.43. The van der Waals surface area contributed by atoms with Crippen molar-refractivity contribution in [2.75, 3.05) is 0 Å². The molecule has 1 rings (SSSR count). The van der Waals surface area contributed by atoms with Gasteiger partial charge in [0, 0.05) is 11.5 Å². The molecule has 0 spiro atoms. The Balaban J connectivity index is 0.00000121. The fraction of sp³-hybridized carbons (Fsp3) is 0. The molecular weight excluding hydrogens is 254 g/mol. The molecule has 4 nitrogen and oxygen atoms in total. The minimum absolute atomic E-state index is 0. The fourth-order valence-corrected chi connectivity index (χ4v) is 0.708. The Morgan fingerprint density at radius 3 is 2.42 bits per heavy atom. The molecule has 1 aromatic carbocycles. The van der Waals surface area contributed by atoms with Gasteiger partial charge in [-0.2, -0.15) is 0 Å². The summed E-state index contributed by atoms with van der Waals surface area (Å²) in [5.74, 6) is -1.03. The van der Waals surface area contributed by atoms with Crippen LogP contribution in [0.15, 0.2) is 29.4 Å². The van der Waals surface area contributed by atoms with Gasteiger partial charge in [-0.3, -0.25) is 0 Å². The van der Waals surface area contributed by atoms with E-state index in [1.807, 2.05) is 0 Å². The van der Waals surface area contributed by atoms with Gasteiger partial charge in [-0.1, -0.05) is 18.2 Å². The van der Waals surface area contributed by atoms with Crippen molar-refractivity contribution in [2.45, 2.75) is 0 Å². The molecule has 1 aromatic rings. The molecule has 0 atom stereocenters. The molecule has 5 heteroatoms. The van der Waals surface area contributed by atoms with Crippen LogP contribution in [-0.4, -0.2) is 16.2 Å². The average Bonchev–Trinajstić information content (AvgIpc) is 2.04.